The van der Waals surface area contributed by atoms with Crippen LogP contribution in [0.15, 0.2) is 47.3 Å². The Morgan fingerprint density at radius 1 is 0.932 bits per heavy atom. The van der Waals surface area contributed by atoms with Crippen molar-refractivity contribution < 1.29 is 4.74 Å². The first-order valence-corrected chi connectivity index (χ1v) is 16.7. The van der Waals surface area contributed by atoms with Gasteiger partial charge in [-0.3, -0.25) is 14.9 Å². The molecule has 0 unspecified atom stereocenters. The second-order valence-electron chi connectivity index (χ2n) is 11.0. The lowest BCUT2D eigenvalue weighted by Gasteiger charge is -2.42. The van der Waals surface area contributed by atoms with Gasteiger partial charge in [0.1, 0.15) is 22.8 Å². The number of aromatic nitrogens is 5. The number of halogens is 1. The molecule has 2 fully saturated rings. The van der Waals surface area contributed by atoms with Crippen LogP contribution in [0.1, 0.15) is 12.8 Å². The first-order chi connectivity index (χ1) is 21.4. The Bertz CT molecular complexity index is 1600. The molecule has 0 radical (unpaired) electrons. The fraction of sp³-hybridized carbons (Fsp3) is 0.433. The second-order valence-corrected chi connectivity index (χ2v) is 12.8. The Hall–Kier alpha value is -3.46. The van der Waals surface area contributed by atoms with Gasteiger partial charge in [-0.1, -0.05) is 11.9 Å². The molecule has 2 aliphatic heterocycles. The Labute approximate surface area is 270 Å². The zero-order valence-electron chi connectivity index (χ0n) is 25.5. The molecule has 0 aliphatic carbocycles. The van der Waals surface area contributed by atoms with E-state index in [2.05, 4.69) is 67.6 Å². The van der Waals surface area contributed by atoms with Crippen LogP contribution in [0.2, 0.25) is 0 Å². The van der Waals surface area contributed by atoms with Crippen molar-refractivity contribution in [1.29, 1.82) is 0 Å². The van der Waals surface area contributed by atoms with Gasteiger partial charge >= 0.3 is 0 Å². The Morgan fingerprint density at radius 2 is 1.68 bits per heavy atom. The van der Waals surface area contributed by atoms with Crippen molar-refractivity contribution in [3.63, 3.8) is 0 Å². The van der Waals surface area contributed by atoms with Gasteiger partial charge in [-0.25, -0.2) is 4.98 Å². The number of benzene rings is 1. The fourth-order valence-corrected chi connectivity index (χ4v) is 6.46. The van der Waals surface area contributed by atoms with E-state index in [1.54, 1.807) is 37.6 Å². The third-order valence-corrected chi connectivity index (χ3v) is 9.64. The minimum atomic E-state index is 0.414. The second kappa shape index (κ2) is 13.7. The maximum atomic E-state index is 5.71. The molecule has 12 nitrogen and oxygen atoms in total. The minimum absolute atomic E-state index is 0.414. The smallest absolute Gasteiger partial charge is 0.239 e. The van der Waals surface area contributed by atoms with Crippen molar-refractivity contribution in [3.05, 3.63) is 47.3 Å². The quantitative estimate of drug-likeness (QED) is 0.232. The molecule has 0 atom stereocenters. The monoisotopic (exact) mass is 679 g/mol. The van der Waals surface area contributed by atoms with Gasteiger partial charge in [-0.2, -0.15) is 9.97 Å². The summed E-state index contributed by atoms with van der Waals surface area (Å²) in [5.41, 5.74) is 4.08. The number of hydrogen-bond donors (Lipinski definition) is 2. The summed E-state index contributed by atoms with van der Waals surface area (Å²) in [6, 6.07) is 8.61. The number of piperidine rings is 1. The van der Waals surface area contributed by atoms with Gasteiger partial charge in [0.15, 0.2) is 0 Å². The van der Waals surface area contributed by atoms with Gasteiger partial charge in [0, 0.05) is 77.2 Å². The van der Waals surface area contributed by atoms with Crippen LogP contribution in [-0.2, 0) is 0 Å². The molecule has 1 aromatic carbocycles. The SMILES string of the molecule is COc1nc(N2CCC(N3CCN(C)CC3)CC2)ccc1Nc1ncc(Br)c(Nc2ccc3nccnc3c2N(C)SC)n1. The Balaban J connectivity index is 1.17. The summed E-state index contributed by atoms with van der Waals surface area (Å²) in [4.78, 5) is 30.6. The van der Waals surface area contributed by atoms with Crippen molar-refractivity contribution in [2.75, 3.05) is 86.6 Å². The van der Waals surface area contributed by atoms with E-state index in [9.17, 15) is 0 Å². The van der Waals surface area contributed by atoms with Crippen molar-refractivity contribution in [2.24, 2.45) is 0 Å². The molecular formula is C30H38BrN11OS. The first kappa shape index (κ1) is 30.6. The number of anilines is 6. The molecule has 0 spiro atoms. The molecule has 3 aromatic heterocycles. The van der Waals surface area contributed by atoms with Crippen LogP contribution in [0.3, 0.4) is 0 Å². The van der Waals surface area contributed by atoms with E-state index >= 15 is 0 Å². The summed E-state index contributed by atoms with van der Waals surface area (Å²) < 4.78 is 8.48. The lowest BCUT2D eigenvalue weighted by atomic mass is 10.0. The zero-order chi connectivity index (χ0) is 30.6. The number of ether oxygens (including phenoxy) is 1. The topological polar surface area (TPSA) is 111 Å². The molecule has 4 aromatic rings. The average molecular weight is 681 g/mol. The maximum Gasteiger partial charge on any atom is 0.239 e. The van der Waals surface area contributed by atoms with Gasteiger partial charge in [0.25, 0.3) is 0 Å². The number of piperazine rings is 1. The molecule has 14 heteroatoms. The molecule has 5 heterocycles. The number of fused-ring (bicyclic) bond motifs is 1. The van der Waals surface area contributed by atoms with Crippen LogP contribution in [0.5, 0.6) is 5.88 Å². The lowest BCUT2D eigenvalue weighted by Crippen LogP contribution is -2.52. The van der Waals surface area contributed by atoms with E-state index in [1.807, 2.05) is 37.6 Å². The maximum absolute atomic E-state index is 5.71. The van der Waals surface area contributed by atoms with E-state index in [1.165, 1.54) is 0 Å². The first-order valence-electron chi connectivity index (χ1n) is 14.7. The molecule has 232 valence electrons. The molecule has 2 N–H and O–H groups in total. The van der Waals surface area contributed by atoms with Gasteiger partial charge < -0.3 is 29.5 Å². The zero-order valence-corrected chi connectivity index (χ0v) is 27.9. The summed E-state index contributed by atoms with van der Waals surface area (Å²) in [6.07, 6.45) is 9.43. The fourth-order valence-electron chi connectivity index (χ4n) is 5.80. The number of likely N-dealkylation sites (N-methyl/N-ethyl adjacent to an activating group) is 1. The van der Waals surface area contributed by atoms with Crippen LogP contribution in [0.4, 0.5) is 34.6 Å². The number of nitrogens with one attached hydrogen (secondary N) is 2. The van der Waals surface area contributed by atoms with Crippen molar-refractivity contribution in [2.45, 2.75) is 18.9 Å². The van der Waals surface area contributed by atoms with Crippen LogP contribution in [0, 0.1) is 0 Å². The third kappa shape index (κ3) is 6.63. The predicted molar refractivity (Wildman–Crippen MR) is 183 cm³/mol. The minimum Gasteiger partial charge on any atom is -0.479 e. The molecule has 44 heavy (non-hydrogen) atoms. The molecular weight excluding hydrogens is 642 g/mol. The van der Waals surface area contributed by atoms with Crippen LogP contribution in [-0.4, -0.2) is 107 Å². The van der Waals surface area contributed by atoms with E-state index in [4.69, 9.17) is 14.7 Å². The Morgan fingerprint density at radius 3 is 2.43 bits per heavy atom. The third-order valence-electron chi connectivity index (χ3n) is 8.33. The van der Waals surface area contributed by atoms with E-state index in [-0.39, 0.29) is 0 Å². The Kier molecular flexibility index (Phi) is 9.50. The van der Waals surface area contributed by atoms with E-state index < -0.39 is 0 Å². The number of nitrogens with zero attached hydrogens (tertiary/aromatic N) is 9. The number of hydrogen-bond acceptors (Lipinski definition) is 13. The number of methoxy groups -OCH3 is 1. The van der Waals surface area contributed by atoms with Crippen molar-refractivity contribution in [1.82, 2.24) is 34.7 Å². The summed E-state index contributed by atoms with van der Waals surface area (Å²) in [5, 5.41) is 6.77. The van der Waals surface area contributed by atoms with E-state index in [0.717, 1.165) is 84.8 Å². The van der Waals surface area contributed by atoms with Crippen LogP contribution in [0.25, 0.3) is 11.0 Å². The average Bonchev–Trinajstić information content (AvgIpc) is 3.06. The summed E-state index contributed by atoms with van der Waals surface area (Å²) in [7, 11) is 5.85. The highest BCUT2D eigenvalue weighted by molar-refractivity contribution is 9.10. The van der Waals surface area contributed by atoms with Gasteiger partial charge in [0.05, 0.1) is 28.5 Å². The normalized spacial score (nSPS) is 16.7. The van der Waals surface area contributed by atoms with Gasteiger partial charge in [-0.15, -0.1) is 0 Å². The van der Waals surface area contributed by atoms with Crippen molar-refractivity contribution in [3.8, 4) is 5.88 Å². The predicted octanol–water partition coefficient (Wildman–Crippen LogP) is 5.00. The lowest BCUT2D eigenvalue weighted by molar-refractivity contribution is 0.0981. The highest BCUT2D eigenvalue weighted by atomic mass is 79.9. The molecule has 2 aliphatic rings. The highest BCUT2D eigenvalue weighted by Gasteiger charge is 2.27. The molecule has 0 saturated carbocycles. The molecule has 0 bridgehead atoms. The van der Waals surface area contributed by atoms with Gasteiger partial charge in [-0.05, 0) is 60.1 Å². The van der Waals surface area contributed by atoms with Crippen molar-refractivity contribution >= 4 is 73.6 Å². The molecule has 0 amide bonds. The summed E-state index contributed by atoms with van der Waals surface area (Å²) >= 11 is 5.20. The van der Waals surface area contributed by atoms with Gasteiger partial charge in [0.2, 0.25) is 11.8 Å². The van der Waals surface area contributed by atoms with Crippen LogP contribution >= 0.6 is 27.9 Å². The summed E-state index contributed by atoms with van der Waals surface area (Å²) in [6.45, 7) is 6.60. The number of pyridine rings is 1. The molecule has 2 saturated heterocycles. The highest BCUT2D eigenvalue weighted by Crippen LogP contribution is 2.38. The largest absolute Gasteiger partial charge is 0.479 e. The molecule has 6 rings (SSSR count). The number of rotatable bonds is 9. The summed E-state index contributed by atoms with van der Waals surface area (Å²) in [5.74, 6) is 2.44. The standard InChI is InChI=1S/C30H38BrN11OS/c1-39-15-17-41(18-16-39)20-9-13-42(14-10-20)25-8-7-24(29(37-25)43-3)36-30-34-19-21(31)28(38-30)35-23-6-5-22-26(33-12-11-32-22)27(23)40(2)44-4/h5-8,11-12,19-20H,9-10,13-18H2,1-4H3,(H2,34,35,36,38). The van der Waals surface area contributed by atoms with Crippen LogP contribution < -0.4 is 24.6 Å². The van der Waals surface area contributed by atoms with E-state index in [0.29, 0.717) is 29.4 Å².